The van der Waals surface area contributed by atoms with E-state index in [-0.39, 0.29) is 5.88 Å². The van der Waals surface area contributed by atoms with E-state index >= 15 is 0 Å². The Morgan fingerprint density at radius 3 is 1.77 bits per heavy atom. The molecule has 1 aliphatic rings. The van der Waals surface area contributed by atoms with Gasteiger partial charge < -0.3 is 33.2 Å². The van der Waals surface area contributed by atoms with Gasteiger partial charge in [0, 0.05) is 6.20 Å². The van der Waals surface area contributed by atoms with Crippen molar-refractivity contribution in [3.05, 3.63) is 83.6 Å². The van der Waals surface area contributed by atoms with Crippen LogP contribution in [0, 0.1) is 21.7 Å². The molecule has 0 aliphatic carbocycles. The summed E-state index contributed by atoms with van der Waals surface area (Å²) in [5, 5.41) is 7.93. The quantitative estimate of drug-likeness (QED) is 0.102. The second-order valence-corrected chi connectivity index (χ2v) is 19.5. The van der Waals surface area contributed by atoms with Crippen LogP contribution < -0.4 is 9.47 Å². The van der Waals surface area contributed by atoms with Crippen LogP contribution in [0.15, 0.2) is 66.9 Å². The normalized spacial score (nSPS) is 19.8. The number of H-pyrrole nitrogens is 1. The molecule has 0 spiro atoms. The van der Waals surface area contributed by atoms with Gasteiger partial charge in [0.25, 0.3) is 0 Å². The Bertz CT molecular complexity index is 2140. The fourth-order valence-electron chi connectivity index (χ4n) is 5.95. The summed E-state index contributed by atoms with van der Waals surface area (Å²) in [6.45, 7) is 20.1. The number of carbonyl (C=O) groups is 4. The summed E-state index contributed by atoms with van der Waals surface area (Å²) in [6.07, 6.45) is -4.28. The van der Waals surface area contributed by atoms with Crippen molar-refractivity contribution < 1.29 is 52.3 Å². The molecule has 0 amide bonds. The number of hydrogen-bond acceptors (Lipinski definition) is 13. The van der Waals surface area contributed by atoms with E-state index in [0.29, 0.717) is 30.5 Å². The molecule has 2 aromatic heterocycles. The average Bonchev–Trinajstić information content (AvgIpc) is 3.59. The highest BCUT2D eigenvalue weighted by Crippen LogP contribution is 2.37. The van der Waals surface area contributed by atoms with E-state index in [4.69, 9.17) is 33.2 Å². The molecular formula is C47H61N3O11. The number of ether oxygens (including phenoxy) is 7. The summed E-state index contributed by atoms with van der Waals surface area (Å²) in [5.74, 6) is -1.73. The lowest BCUT2D eigenvalue weighted by Gasteiger charge is -2.45. The average molecular weight is 844 g/mol. The Morgan fingerprint density at radius 1 is 0.639 bits per heavy atom. The molecule has 0 saturated carbocycles. The summed E-state index contributed by atoms with van der Waals surface area (Å²) in [6, 6.07) is 19.7. The van der Waals surface area contributed by atoms with Crippen LogP contribution in [-0.2, 0) is 62.3 Å². The minimum absolute atomic E-state index is 0.0704. The summed E-state index contributed by atoms with van der Waals surface area (Å²) >= 11 is 0. The summed E-state index contributed by atoms with van der Waals surface area (Å²) in [7, 11) is 0. The van der Waals surface area contributed by atoms with E-state index in [2.05, 4.69) is 15.2 Å². The molecular weight excluding hydrogens is 783 g/mol. The fraction of sp³-hybridized carbons (Fsp3) is 0.532. The molecule has 61 heavy (non-hydrogen) atoms. The first-order chi connectivity index (χ1) is 28.4. The van der Waals surface area contributed by atoms with Crippen LogP contribution in [0.25, 0.3) is 11.0 Å². The van der Waals surface area contributed by atoms with E-state index in [9.17, 15) is 19.2 Å². The van der Waals surface area contributed by atoms with E-state index in [1.165, 1.54) is 0 Å². The van der Waals surface area contributed by atoms with Crippen molar-refractivity contribution >= 4 is 34.9 Å². The van der Waals surface area contributed by atoms with Gasteiger partial charge in [-0.15, -0.1) is 5.10 Å². The Hall–Kier alpha value is -5.50. The van der Waals surface area contributed by atoms with Gasteiger partial charge in [0.15, 0.2) is 17.9 Å². The van der Waals surface area contributed by atoms with E-state index in [1.54, 1.807) is 89.3 Å². The molecule has 14 heteroatoms. The lowest BCUT2D eigenvalue weighted by Crippen LogP contribution is -2.65. The summed E-state index contributed by atoms with van der Waals surface area (Å²) in [4.78, 5) is 58.6. The van der Waals surface area contributed by atoms with Crippen LogP contribution in [0.4, 0.5) is 0 Å². The Kier molecular flexibility index (Phi) is 14.2. The van der Waals surface area contributed by atoms with E-state index in [1.807, 2.05) is 60.7 Å². The maximum atomic E-state index is 13.7. The lowest BCUT2D eigenvalue weighted by atomic mass is 9.93. The number of esters is 4. The Morgan fingerprint density at radius 2 is 1.20 bits per heavy atom. The predicted molar refractivity (Wildman–Crippen MR) is 226 cm³/mol. The maximum absolute atomic E-state index is 13.7. The number of fused-ring (bicyclic) bond motifs is 1. The molecule has 4 aromatic rings. The van der Waals surface area contributed by atoms with Gasteiger partial charge in [0.2, 0.25) is 18.3 Å². The van der Waals surface area contributed by atoms with Crippen LogP contribution in [-0.4, -0.2) is 76.4 Å². The number of pyridine rings is 1. The van der Waals surface area contributed by atoms with Crippen molar-refractivity contribution in [1.29, 1.82) is 0 Å². The SMILES string of the molecule is CC(C)(C)C(=O)OC[C@H]1O[C@@H](Oc2n[nH]c3nccc(CCc4ccc(OCc5ccccc5)cc4)c23)[C@H](OC(=O)C(C)(C)C)[C@@H](OC(=O)C(C)(C)C)[C@@H]1OC(=O)C(C)(C)C. The molecule has 1 aliphatic heterocycles. The topological polar surface area (TPSA) is 174 Å². The number of nitrogens with one attached hydrogen (secondary N) is 1. The number of rotatable bonds is 13. The molecule has 1 fully saturated rings. The number of hydrogen-bond donors (Lipinski definition) is 1. The molecule has 5 rings (SSSR count). The van der Waals surface area contributed by atoms with Crippen molar-refractivity contribution in [2.75, 3.05) is 6.61 Å². The summed E-state index contributed by atoms with van der Waals surface area (Å²) in [5.41, 5.74) is -0.531. The van der Waals surface area contributed by atoms with Gasteiger partial charge in [-0.1, -0.05) is 42.5 Å². The van der Waals surface area contributed by atoms with E-state index < -0.39 is 82.8 Å². The second kappa shape index (κ2) is 18.6. The fourth-order valence-corrected chi connectivity index (χ4v) is 5.95. The number of benzene rings is 2. The maximum Gasteiger partial charge on any atom is 0.311 e. The molecule has 5 atom stereocenters. The van der Waals surface area contributed by atoms with Gasteiger partial charge in [-0.3, -0.25) is 24.3 Å². The third-order valence-electron chi connectivity index (χ3n) is 9.75. The van der Waals surface area contributed by atoms with E-state index in [0.717, 1.165) is 22.4 Å². The highest BCUT2D eigenvalue weighted by atomic mass is 16.7. The number of aromatic nitrogens is 3. The second-order valence-electron chi connectivity index (χ2n) is 19.5. The van der Waals surface area contributed by atoms with Crippen molar-refractivity contribution in [3.63, 3.8) is 0 Å². The molecule has 14 nitrogen and oxygen atoms in total. The zero-order valence-corrected chi connectivity index (χ0v) is 37.5. The van der Waals surface area contributed by atoms with Crippen LogP contribution in [0.2, 0.25) is 0 Å². The number of aryl methyl sites for hydroxylation is 2. The van der Waals surface area contributed by atoms with Gasteiger partial charge in [-0.05, 0) is 131 Å². The molecule has 2 aromatic carbocycles. The smallest absolute Gasteiger partial charge is 0.311 e. The first-order valence-corrected chi connectivity index (χ1v) is 20.6. The summed E-state index contributed by atoms with van der Waals surface area (Å²) < 4.78 is 43.2. The number of aromatic amines is 1. The molecule has 0 unspecified atom stereocenters. The van der Waals surface area contributed by atoms with Crippen LogP contribution in [0.5, 0.6) is 11.6 Å². The molecule has 1 N–H and O–H groups in total. The first kappa shape index (κ1) is 46.6. The van der Waals surface area contributed by atoms with Crippen molar-refractivity contribution in [2.45, 2.75) is 133 Å². The highest BCUT2D eigenvalue weighted by Gasteiger charge is 2.56. The molecule has 0 radical (unpaired) electrons. The number of carbonyl (C=O) groups excluding carboxylic acids is 4. The van der Waals surface area contributed by atoms with Crippen molar-refractivity contribution in [1.82, 2.24) is 15.2 Å². The third-order valence-corrected chi connectivity index (χ3v) is 9.75. The van der Waals surface area contributed by atoms with Gasteiger partial charge in [0.1, 0.15) is 25.1 Å². The molecule has 330 valence electrons. The van der Waals surface area contributed by atoms with Crippen molar-refractivity contribution in [3.8, 4) is 11.6 Å². The first-order valence-electron chi connectivity index (χ1n) is 20.6. The minimum atomic E-state index is -1.52. The van der Waals surface area contributed by atoms with Crippen LogP contribution >= 0.6 is 0 Å². The van der Waals surface area contributed by atoms with Crippen LogP contribution in [0.3, 0.4) is 0 Å². The molecule has 1 saturated heterocycles. The Labute approximate surface area is 358 Å². The predicted octanol–water partition coefficient (Wildman–Crippen LogP) is 7.89. The molecule has 0 bridgehead atoms. The van der Waals surface area contributed by atoms with Gasteiger partial charge >= 0.3 is 23.9 Å². The lowest BCUT2D eigenvalue weighted by molar-refractivity contribution is -0.294. The zero-order valence-electron chi connectivity index (χ0n) is 37.5. The number of nitrogens with zero attached hydrogens (tertiary/aromatic N) is 2. The van der Waals surface area contributed by atoms with Gasteiger partial charge in [0.05, 0.1) is 27.0 Å². The van der Waals surface area contributed by atoms with Crippen molar-refractivity contribution in [2.24, 2.45) is 21.7 Å². The highest BCUT2D eigenvalue weighted by molar-refractivity contribution is 5.84. The largest absolute Gasteiger partial charge is 0.489 e. The third kappa shape index (κ3) is 12.3. The van der Waals surface area contributed by atoms with Gasteiger partial charge in [-0.2, -0.15) is 0 Å². The molecule has 3 heterocycles. The monoisotopic (exact) mass is 843 g/mol. The Balaban J connectivity index is 1.50. The van der Waals surface area contributed by atoms with Gasteiger partial charge in [-0.25, -0.2) is 4.98 Å². The minimum Gasteiger partial charge on any atom is -0.489 e. The standard InChI is InChI=1S/C47H61N3O11/c1-44(2,3)40(51)56-27-32-34(58-41(52)45(4,5)6)35(59-42(53)46(7,8)9)36(60-43(54)47(10,11)12)39(57-32)61-38-33-30(24-25-48-37(33)49-50-38)21-18-28-19-22-31(23-20-28)55-26-29-16-14-13-15-17-29/h13-17,19-20,22-25,32,34-36,39H,18,21,26-27H2,1-12H3,(H,48,49,50)/t32-,34-,35+,36-,39+/m1/s1. The zero-order chi connectivity index (χ0) is 44.9. The van der Waals surface area contributed by atoms with Crippen LogP contribution in [0.1, 0.15) is 99.8 Å².